The van der Waals surface area contributed by atoms with E-state index in [4.69, 9.17) is 0 Å². The molecule has 1 aromatic carbocycles. The molecule has 2 unspecified atom stereocenters. The Morgan fingerprint density at radius 1 is 1.38 bits per heavy atom. The maximum absolute atomic E-state index is 12.8. The van der Waals surface area contributed by atoms with Crippen LogP contribution in [0.15, 0.2) is 24.3 Å². The van der Waals surface area contributed by atoms with Gasteiger partial charge in [0.05, 0.1) is 17.5 Å². The topological polar surface area (TPSA) is 57.6 Å². The van der Waals surface area contributed by atoms with Gasteiger partial charge in [-0.15, -0.1) is 0 Å². The quantitative estimate of drug-likeness (QED) is 0.913. The number of carboxylic acid groups (broad SMARTS) is 1. The van der Waals surface area contributed by atoms with Crippen LogP contribution in [0.5, 0.6) is 0 Å². The Bertz CT molecular complexity index is 571. The third-order valence-electron chi connectivity index (χ3n) is 3.73. The largest absolute Gasteiger partial charge is 0.481 e. The van der Waals surface area contributed by atoms with Gasteiger partial charge in [0.25, 0.3) is 0 Å². The van der Waals surface area contributed by atoms with Crippen LogP contribution in [0.1, 0.15) is 30.0 Å². The molecule has 4 nitrogen and oxygen atoms in total. The number of amides is 1. The minimum absolute atomic E-state index is 0.0862. The molecule has 1 heterocycles. The summed E-state index contributed by atoms with van der Waals surface area (Å²) in [4.78, 5) is 24.3. The zero-order chi connectivity index (χ0) is 15.8. The number of alkyl halides is 3. The maximum atomic E-state index is 12.8. The summed E-state index contributed by atoms with van der Waals surface area (Å²) in [7, 11) is 1.42. The number of rotatable bonds is 2. The van der Waals surface area contributed by atoms with Crippen LogP contribution in [-0.2, 0) is 15.8 Å². The highest BCUT2D eigenvalue weighted by Crippen LogP contribution is 2.38. The molecule has 0 spiro atoms. The molecule has 0 radical (unpaired) electrons. The maximum Gasteiger partial charge on any atom is 0.416 e. The zero-order valence-corrected chi connectivity index (χ0v) is 11.2. The SMILES string of the molecule is CN1C(=O)CCC(C(=O)O)C1c1cccc(C(F)(F)F)c1. The number of carboxylic acids is 1. The van der Waals surface area contributed by atoms with E-state index < -0.39 is 29.7 Å². The van der Waals surface area contributed by atoms with E-state index >= 15 is 0 Å². The third-order valence-corrected chi connectivity index (χ3v) is 3.73. The van der Waals surface area contributed by atoms with Gasteiger partial charge in [-0.05, 0) is 24.1 Å². The molecule has 1 fully saturated rings. The molecule has 2 atom stereocenters. The summed E-state index contributed by atoms with van der Waals surface area (Å²) in [5.74, 6) is -2.29. The van der Waals surface area contributed by atoms with E-state index in [0.717, 1.165) is 12.1 Å². The van der Waals surface area contributed by atoms with Crippen molar-refractivity contribution >= 4 is 11.9 Å². The van der Waals surface area contributed by atoms with Crippen molar-refractivity contribution in [3.05, 3.63) is 35.4 Å². The van der Waals surface area contributed by atoms with Gasteiger partial charge < -0.3 is 10.0 Å². The summed E-state index contributed by atoms with van der Waals surface area (Å²) in [5, 5.41) is 9.24. The minimum atomic E-state index is -4.51. The molecule has 0 bridgehead atoms. The molecule has 0 saturated carbocycles. The van der Waals surface area contributed by atoms with E-state index in [-0.39, 0.29) is 24.3 Å². The first-order chi connectivity index (χ1) is 9.71. The fourth-order valence-electron chi connectivity index (χ4n) is 2.65. The van der Waals surface area contributed by atoms with E-state index in [1.54, 1.807) is 0 Å². The lowest BCUT2D eigenvalue weighted by atomic mass is 9.84. The number of hydrogen-bond acceptors (Lipinski definition) is 2. The summed E-state index contributed by atoms with van der Waals surface area (Å²) in [6.45, 7) is 0. The first kappa shape index (κ1) is 15.3. The van der Waals surface area contributed by atoms with E-state index in [1.165, 1.54) is 24.1 Å². The number of aliphatic carboxylic acids is 1. The van der Waals surface area contributed by atoms with Gasteiger partial charge in [-0.2, -0.15) is 13.2 Å². The van der Waals surface area contributed by atoms with Crippen molar-refractivity contribution in [1.29, 1.82) is 0 Å². The summed E-state index contributed by atoms with van der Waals surface area (Å²) >= 11 is 0. The first-order valence-electron chi connectivity index (χ1n) is 6.37. The molecule has 7 heteroatoms. The molecule has 21 heavy (non-hydrogen) atoms. The minimum Gasteiger partial charge on any atom is -0.481 e. The van der Waals surface area contributed by atoms with Gasteiger partial charge in [0.1, 0.15) is 0 Å². The van der Waals surface area contributed by atoms with Crippen molar-refractivity contribution in [2.45, 2.75) is 25.1 Å². The second-order valence-electron chi connectivity index (χ2n) is 5.06. The smallest absolute Gasteiger partial charge is 0.416 e. The number of carbonyl (C=O) groups is 2. The molecule has 1 aliphatic heterocycles. The number of benzene rings is 1. The predicted molar refractivity (Wildman–Crippen MR) is 67.3 cm³/mol. The molecule has 0 aromatic heterocycles. The molecule has 114 valence electrons. The Morgan fingerprint density at radius 2 is 2.05 bits per heavy atom. The Kier molecular flexibility index (Phi) is 3.93. The van der Waals surface area contributed by atoms with Gasteiger partial charge >= 0.3 is 12.1 Å². The number of hydrogen-bond donors (Lipinski definition) is 1. The predicted octanol–water partition coefficient (Wildman–Crippen LogP) is 2.70. The van der Waals surface area contributed by atoms with Crippen LogP contribution in [0.25, 0.3) is 0 Å². The standard InChI is InChI=1S/C14H14F3NO3/c1-18-11(19)6-5-10(13(20)21)12(18)8-3-2-4-9(7-8)14(15,16)17/h2-4,7,10,12H,5-6H2,1H3,(H,20,21). The first-order valence-corrected chi connectivity index (χ1v) is 6.37. The van der Waals surface area contributed by atoms with Crippen LogP contribution in [0.4, 0.5) is 13.2 Å². The Balaban J connectivity index is 2.45. The summed E-state index contributed by atoms with van der Waals surface area (Å²) in [5.41, 5.74) is -0.664. The second-order valence-corrected chi connectivity index (χ2v) is 5.06. The average molecular weight is 301 g/mol. The van der Waals surface area contributed by atoms with Gasteiger partial charge in [-0.3, -0.25) is 9.59 Å². The van der Waals surface area contributed by atoms with Crippen LogP contribution >= 0.6 is 0 Å². The highest BCUT2D eigenvalue weighted by Gasteiger charge is 2.40. The highest BCUT2D eigenvalue weighted by atomic mass is 19.4. The van der Waals surface area contributed by atoms with Crippen molar-refractivity contribution in [3.63, 3.8) is 0 Å². The van der Waals surface area contributed by atoms with Crippen molar-refractivity contribution in [1.82, 2.24) is 4.90 Å². The third kappa shape index (κ3) is 3.01. The van der Waals surface area contributed by atoms with Gasteiger partial charge in [0.2, 0.25) is 5.91 Å². The molecule has 2 rings (SSSR count). The van der Waals surface area contributed by atoms with Gasteiger partial charge in [-0.1, -0.05) is 12.1 Å². The second kappa shape index (κ2) is 5.38. The highest BCUT2D eigenvalue weighted by molar-refractivity contribution is 5.81. The number of nitrogens with zero attached hydrogens (tertiary/aromatic N) is 1. The van der Waals surface area contributed by atoms with E-state index in [2.05, 4.69) is 0 Å². The van der Waals surface area contributed by atoms with Crippen molar-refractivity contribution in [2.75, 3.05) is 7.05 Å². The Hall–Kier alpha value is -2.05. The van der Waals surface area contributed by atoms with Crippen molar-refractivity contribution in [2.24, 2.45) is 5.92 Å². The van der Waals surface area contributed by atoms with Crippen LogP contribution in [0, 0.1) is 5.92 Å². The van der Waals surface area contributed by atoms with Crippen molar-refractivity contribution < 1.29 is 27.9 Å². The molecule has 1 N–H and O–H groups in total. The molecule has 1 aromatic rings. The molecular weight excluding hydrogens is 287 g/mol. The van der Waals surface area contributed by atoms with Crippen LogP contribution < -0.4 is 0 Å². The lowest BCUT2D eigenvalue weighted by Gasteiger charge is -2.37. The number of piperidine rings is 1. The normalized spacial score (nSPS) is 23.2. The molecule has 1 saturated heterocycles. The molecule has 1 aliphatic rings. The zero-order valence-electron chi connectivity index (χ0n) is 11.2. The van der Waals surface area contributed by atoms with Gasteiger partial charge in [0.15, 0.2) is 0 Å². The number of halogens is 3. The molecule has 0 aliphatic carbocycles. The summed E-state index contributed by atoms with van der Waals surface area (Å²) < 4.78 is 38.3. The lowest BCUT2D eigenvalue weighted by molar-refractivity contribution is -0.150. The van der Waals surface area contributed by atoms with Gasteiger partial charge in [-0.25, -0.2) is 0 Å². The van der Waals surface area contributed by atoms with Crippen LogP contribution in [0.3, 0.4) is 0 Å². The van der Waals surface area contributed by atoms with Crippen LogP contribution in [0.2, 0.25) is 0 Å². The average Bonchev–Trinajstić information content (AvgIpc) is 2.40. The summed E-state index contributed by atoms with van der Waals surface area (Å²) in [6, 6.07) is 3.60. The van der Waals surface area contributed by atoms with Crippen LogP contribution in [-0.4, -0.2) is 28.9 Å². The Morgan fingerprint density at radius 3 is 2.62 bits per heavy atom. The van der Waals surface area contributed by atoms with Gasteiger partial charge in [0, 0.05) is 13.5 Å². The fraction of sp³-hybridized carbons (Fsp3) is 0.429. The number of likely N-dealkylation sites (tertiary alicyclic amines) is 1. The monoisotopic (exact) mass is 301 g/mol. The van der Waals surface area contributed by atoms with Crippen molar-refractivity contribution in [3.8, 4) is 0 Å². The Labute approximate surface area is 119 Å². The molecule has 1 amide bonds. The fourth-order valence-corrected chi connectivity index (χ4v) is 2.65. The van der Waals surface area contributed by atoms with E-state index in [1.807, 2.05) is 0 Å². The number of carbonyl (C=O) groups excluding carboxylic acids is 1. The van der Waals surface area contributed by atoms with E-state index in [0.29, 0.717) is 0 Å². The molecular formula is C14H14F3NO3. The summed E-state index contributed by atoms with van der Waals surface area (Å²) in [6.07, 6.45) is -4.30. The van der Waals surface area contributed by atoms with E-state index in [9.17, 15) is 27.9 Å². The lowest BCUT2D eigenvalue weighted by Crippen LogP contribution is -2.43.